The van der Waals surface area contributed by atoms with Crippen LogP contribution in [0.5, 0.6) is 0 Å². The highest BCUT2D eigenvalue weighted by Gasteiger charge is 2.59. The number of aliphatic hydroxyl groups is 1. The normalized spacial score (nSPS) is 26.3. The van der Waals surface area contributed by atoms with Crippen molar-refractivity contribution < 1.29 is 33.7 Å². The van der Waals surface area contributed by atoms with Gasteiger partial charge in [-0.1, -0.05) is 0 Å². The lowest BCUT2D eigenvalue weighted by Crippen LogP contribution is -2.51. The molecule has 2 aromatic heterocycles. The van der Waals surface area contributed by atoms with E-state index in [4.69, 9.17) is 14.2 Å². The van der Waals surface area contributed by atoms with Gasteiger partial charge in [-0.15, -0.1) is 0 Å². The molecule has 12 heteroatoms. The average molecular weight is 407 g/mol. The van der Waals surface area contributed by atoms with Crippen molar-refractivity contribution in [2.24, 2.45) is 0 Å². The number of carbonyl (C=O) groups is 3. The van der Waals surface area contributed by atoms with Gasteiger partial charge in [0.25, 0.3) is 0 Å². The van der Waals surface area contributed by atoms with Crippen LogP contribution in [0.2, 0.25) is 0 Å². The van der Waals surface area contributed by atoms with Crippen molar-refractivity contribution in [1.29, 1.82) is 0 Å². The number of amides is 1. The van der Waals surface area contributed by atoms with E-state index in [1.807, 2.05) is 0 Å². The van der Waals surface area contributed by atoms with Crippen LogP contribution in [-0.4, -0.2) is 66.9 Å². The number of hydrogen-bond donors (Lipinski definition) is 2. The third-order valence-corrected chi connectivity index (χ3v) is 4.52. The topological polar surface area (TPSA) is 155 Å². The zero-order valence-electron chi connectivity index (χ0n) is 16.3. The van der Waals surface area contributed by atoms with Crippen LogP contribution < -0.4 is 5.32 Å². The van der Waals surface area contributed by atoms with Crippen LogP contribution in [0.3, 0.4) is 0 Å². The van der Waals surface area contributed by atoms with Gasteiger partial charge in [0.1, 0.15) is 12.4 Å². The van der Waals surface area contributed by atoms with E-state index in [0.717, 1.165) is 0 Å². The van der Waals surface area contributed by atoms with Crippen LogP contribution in [0.4, 0.5) is 5.82 Å². The molecule has 2 aromatic rings. The van der Waals surface area contributed by atoms with Crippen LogP contribution in [0.15, 0.2) is 12.7 Å². The molecule has 156 valence electrons. The second-order valence-electron chi connectivity index (χ2n) is 6.73. The monoisotopic (exact) mass is 407 g/mol. The van der Waals surface area contributed by atoms with Gasteiger partial charge in [0.2, 0.25) is 5.91 Å². The fourth-order valence-corrected chi connectivity index (χ4v) is 3.36. The minimum absolute atomic E-state index is 0.199. The Morgan fingerprint density at radius 1 is 1.24 bits per heavy atom. The Hall–Kier alpha value is -3.12. The van der Waals surface area contributed by atoms with Crippen LogP contribution in [0.1, 0.15) is 33.9 Å². The van der Waals surface area contributed by atoms with Gasteiger partial charge in [-0.2, -0.15) is 0 Å². The number of aliphatic hydroxyl groups excluding tert-OH is 1. The summed E-state index contributed by atoms with van der Waals surface area (Å²) in [7, 11) is 0. The number of nitrogens with one attached hydrogen (secondary N) is 1. The molecule has 2 N–H and O–H groups in total. The molecular weight excluding hydrogens is 386 g/mol. The van der Waals surface area contributed by atoms with Crippen molar-refractivity contribution in [3.8, 4) is 0 Å². The van der Waals surface area contributed by atoms with Crippen molar-refractivity contribution in [3.63, 3.8) is 0 Å². The third-order valence-electron chi connectivity index (χ3n) is 4.52. The minimum atomic E-state index is -1.46. The standard InChI is InChI=1S/C17H21N5O7/c1-8(24)21-14-12-15(19-6-18-14)22(7-20-12)16-13(27-9(2)25)17(4,29-10(3)26)11(5-23)28-16/h6-7,11,13,16,23H,5H2,1-4H3,(H,18,19,21,24)/t11-,13?,16-,17?/m1/s1. The molecule has 0 radical (unpaired) electrons. The molecule has 4 atom stereocenters. The summed E-state index contributed by atoms with van der Waals surface area (Å²) in [6.45, 7) is 4.77. The molecular formula is C17H21N5O7. The summed E-state index contributed by atoms with van der Waals surface area (Å²) in [4.78, 5) is 47.2. The number of rotatable bonds is 5. The number of nitrogens with zero attached hydrogens (tertiary/aromatic N) is 4. The summed E-state index contributed by atoms with van der Waals surface area (Å²) in [5, 5.41) is 12.3. The van der Waals surface area contributed by atoms with E-state index >= 15 is 0 Å². The zero-order chi connectivity index (χ0) is 21.3. The van der Waals surface area contributed by atoms with Crippen LogP contribution >= 0.6 is 0 Å². The zero-order valence-corrected chi connectivity index (χ0v) is 16.3. The van der Waals surface area contributed by atoms with E-state index < -0.39 is 42.6 Å². The molecule has 1 aliphatic heterocycles. The number of esters is 2. The fraction of sp³-hybridized carbons (Fsp3) is 0.529. The first-order valence-corrected chi connectivity index (χ1v) is 8.75. The van der Waals surface area contributed by atoms with Gasteiger partial charge < -0.3 is 24.6 Å². The van der Waals surface area contributed by atoms with Crippen LogP contribution in [0, 0.1) is 0 Å². The highest BCUT2D eigenvalue weighted by atomic mass is 16.7. The van der Waals surface area contributed by atoms with Crippen molar-refractivity contribution in [1.82, 2.24) is 19.5 Å². The lowest BCUT2D eigenvalue weighted by atomic mass is 9.94. The molecule has 0 aromatic carbocycles. The number of fused-ring (bicyclic) bond motifs is 1. The summed E-state index contributed by atoms with van der Waals surface area (Å²) in [5.41, 5.74) is -0.884. The number of carbonyl (C=O) groups excluding carboxylic acids is 3. The Balaban J connectivity index is 2.10. The van der Waals surface area contributed by atoms with Gasteiger partial charge in [0.15, 0.2) is 34.9 Å². The Morgan fingerprint density at radius 2 is 1.97 bits per heavy atom. The maximum absolute atomic E-state index is 11.7. The van der Waals surface area contributed by atoms with Gasteiger partial charge >= 0.3 is 11.9 Å². The Kier molecular flexibility index (Phi) is 5.48. The van der Waals surface area contributed by atoms with Gasteiger partial charge in [0, 0.05) is 20.8 Å². The van der Waals surface area contributed by atoms with Crippen LogP contribution in [0.25, 0.3) is 11.2 Å². The van der Waals surface area contributed by atoms with Gasteiger partial charge in [-0.25, -0.2) is 15.0 Å². The number of imidazole rings is 1. The summed E-state index contributed by atoms with van der Waals surface area (Å²) >= 11 is 0. The highest BCUT2D eigenvalue weighted by molar-refractivity contribution is 5.95. The predicted molar refractivity (Wildman–Crippen MR) is 96.3 cm³/mol. The second-order valence-corrected chi connectivity index (χ2v) is 6.73. The van der Waals surface area contributed by atoms with Crippen molar-refractivity contribution >= 4 is 34.8 Å². The van der Waals surface area contributed by atoms with Crippen LogP contribution in [-0.2, 0) is 28.6 Å². The maximum Gasteiger partial charge on any atom is 0.303 e. The highest BCUT2D eigenvalue weighted by Crippen LogP contribution is 2.42. The lowest BCUT2D eigenvalue weighted by molar-refractivity contribution is -0.182. The quantitative estimate of drug-likeness (QED) is 0.643. The van der Waals surface area contributed by atoms with E-state index in [-0.39, 0.29) is 22.9 Å². The molecule has 0 spiro atoms. The summed E-state index contributed by atoms with van der Waals surface area (Å²) in [5.74, 6) is -1.39. The van der Waals surface area contributed by atoms with Crippen molar-refractivity contribution in [2.75, 3.05) is 11.9 Å². The molecule has 0 aliphatic carbocycles. The third kappa shape index (κ3) is 3.76. The predicted octanol–water partition coefficient (Wildman–Crippen LogP) is -0.0721. The number of anilines is 1. The summed E-state index contributed by atoms with van der Waals surface area (Å²) < 4.78 is 18.2. The fourth-order valence-electron chi connectivity index (χ4n) is 3.36. The van der Waals surface area contributed by atoms with E-state index in [1.165, 1.54) is 44.9 Å². The van der Waals surface area contributed by atoms with Crippen molar-refractivity contribution in [3.05, 3.63) is 12.7 Å². The average Bonchev–Trinajstić information content (AvgIpc) is 3.14. The first-order chi connectivity index (χ1) is 13.7. The lowest BCUT2D eigenvalue weighted by Gasteiger charge is -2.33. The van der Waals surface area contributed by atoms with Crippen molar-refractivity contribution in [2.45, 2.75) is 51.7 Å². The first-order valence-electron chi connectivity index (χ1n) is 8.75. The summed E-state index contributed by atoms with van der Waals surface area (Å²) in [6, 6.07) is 0. The molecule has 12 nitrogen and oxygen atoms in total. The molecule has 1 amide bonds. The number of aromatic nitrogens is 4. The summed E-state index contributed by atoms with van der Waals surface area (Å²) in [6.07, 6.45) is -0.478. The van der Waals surface area contributed by atoms with E-state index in [1.54, 1.807) is 0 Å². The van der Waals surface area contributed by atoms with E-state index in [9.17, 15) is 19.5 Å². The molecule has 1 aliphatic rings. The minimum Gasteiger partial charge on any atom is -0.453 e. The maximum atomic E-state index is 11.7. The Morgan fingerprint density at radius 3 is 2.55 bits per heavy atom. The van der Waals surface area contributed by atoms with E-state index in [2.05, 4.69) is 20.3 Å². The van der Waals surface area contributed by atoms with Gasteiger partial charge in [-0.05, 0) is 6.92 Å². The molecule has 0 saturated carbocycles. The molecule has 1 saturated heterocycles. The molecule has 29 heavy (non-hydrogen) atoms. The van der Waals surface area contributed by atoms with Gasteiger partial charge in [0.05, 0.1) is 12.9 Å². The second kappa shape index (κ2) is 7.72. The SMILES string of the molecule is CC(=O)Nc1ncnc2c1ncn2[C@@H]1O[C@H](CO)C(C)(OC(C)=O)C1OC(C)=O. The van der Waals surface area contributed by atoms with Gasteiger partial charge in [-0.3, -0.25) is 19.0 Å². The number of ether oxygens (including phenoxy) is 3. The first kappa shape index (κ1) is 20.6. The Bertz CT molecular complexity index is 961. The molecule has 3 rings (SSSR count). The molecule has 2 unspecified atom stereocenters. The molecule has 0 bridgehead atoms. The largest absolute Gasteiger partial charge is 0.453 e. The van der Waals surface area contributed by atoms with E-state index in [0.29, 0.717) is 0 Å². The number of hydrogen-bond acceptors (Lipinski definition) is 10. The molecule has 1 fully saturated rings. The smallest absolute Gasteiger partial charge is 0.303 e. The molecule has 3 heterocycles. The Labute approximate surface area is 165 Å².